The molecular formula is C29H22O. The molecule has 144 valence electrons. The summed E-state index contributed by atoms with van der Waals surface area (Å²) in [6, 6.07) is 30.4. The Balaban J connectivity index is 1.85. The van der Waals surface area contributed by atoms with E-state index in [2.05, 4.69) is 30.4 Å². The van der Waals surface area contributed by atoms with Crippen LogP contribution in [-0.2, 0) is 4.79 Å². The second-order valence-electron chi connectivity index (χ2n) is 7.57. The van der Waals surface area contributed by atoms with E-state index in [0.717, 1.165) is 57.4 Å². The Hall–Kier alpha value is -3.71. The SMILES string of the molecule is O=C1C(c2ccccc2)=C(C2=CCCC=C2)C(c2ccccc2)=C1c1ccccc1. The summed E-state index contributed by atoms with van der Waals surface area (Å²) in [5.41, 5.74) is 7.81. The minimum atomic E-state index is 0.0983. The normalized spacial score (nSPS) is 16.3. The van der Waals surface area contributed by atoms with Crippen molar-refractivity contribution in [3.63, 3.8) is 0 Å². The van der Waals surface area contributed by atoms with Crippen LogP contribution in [0.5, 0.6) is 0 Å². The number of carbonyl (C=O) groups is 1. The van der Waals surface area contributed by atoms with Gasteiger partial charge in [-0.25, -0.2) is 0 Å². The van der Waals surface area contributed by atoms with Crippen LogP contribution in [0.25, 0.3) is 16.7 Å². The van der Waals surface area contributed by atoms with Crippen molar-refractivity contribution in [3.8, 4) is 0 Å². The van der Waals surface area contributed by atoms with Crippen molar-refractivity contribution in [2.45, 2.75) is 12.8 Å². The van der Waals surface area contributed by atoms with Gasteiger partial charge in [0.25, 0.3) is 0 Å². The maximum atomic E-state index is 14.0. The predicted octanol–water partition coefficient (Wildman–Crippen LogP) is 6.91. The molecular weight excluding hydrogens is 364 g/mol. The first kappa shape index (κ1) is 18.3. The summed E-state index contributed by atoms with van der Waals surface area (Å²) in [6.45, 7) is 0. The molecule has 1 nitrogen and oxygen atoms in total. The van der Waals surface area contributed by atoms with Crippen molar-refractivity contribution >= 4 is 22.5 Å². The molecule has 0 fully saturated rings. The van der Waals surface area contributed by atoms with Crippen molar-refractivity contribution in [2.24, 2.45) is 0 Å². The number of benzene rings is 3. The lowest BCUT2D eigenvalue weighted by atomic mass is 9.87. The first-order chi connectivity index (χ1) is 14.8. The van der Waals surface area contributed by atoms with Gasteiger partial charge in [-0.3, -0.25) is 4.79 Å². The van der Waals surface area contributed by atoms with Gasteiger partial charge in [0, 0.05) is 22.3 Å². The number of hydrogen-bond acceptors (Lipinski definition) is 1. The third-order valence-electron chi connectivity index (χ3n) is 5.68. The molecule has 2 aliphatic rings. The maximum Gasteiger partial charge on any atom is 0.195 e. The number of carbonyl (C=O) groups excluding carboxylic acids is 1. The molecule has 0 spiro atoms. The van der Waals surface area contributed by atoms with E-state index in [1.807, 2.05) is 78.9 Å². The van der Waals surface area contributed by atoms with Crippen LogP contribution in [-0.4, -0.2) is 5.78 Å². The minimum Gasteiger partial charge on any atom is -0.289 e. The van der Waals surface area contributed by atoms with Crippen molar-refractivity contribution in [1.29, 1.82) is 0 Å². The molecule has 0 amide bonds. The summed E-state index contributed by atoms with van der Waals surface area (Å²) in [4.78, 5) is 14.0. The van der Waals surface area contributed by atoms with E-state index in [1.165, 1.54) is 0 Å². The van der Waals surface area contributed by atoms with Gasteiger partial charge in [-0.2, -0.15) is 0 Å². The Kier molecular flexibility index (Phi) is 4.86. The minimum absolute atomic E-state index is 0.0983. The van der Waals surface area contributed by atoms with Crippen LogP contribution < -0.4 is 0 Å². The fraction of sp³-hybridized carbons (Fsp3) is 0.0690. The second-order valence-corrected chi connectivity index (χ2v) is 7.57. The zero-order chi connectivity index (χ0) is 20.3. The number of allylic oxidation sites excluding steroid dienone is 8. The summed E-state index contributed by atoms with van der Waals surface area (Å²) >= 11 is 0. The van der Waals surface area contributed by atoms with Crippen LogP contribution in [0.2, 0.25) is 0 Å². The molecule has 0 aromatic heterocycles. The third kappa shape index (κ3) is 3.19. The molecule has 0 saturated heterocycles. The van der Waals surface area contributed by atoms with Gasteiger partial charge in [-0.15, -0.1) is 0 Å². The van der Waals surface area contributed by atoms with E-state index in [-0.39, 0.29) is 5.78 Å². The standard InChI is InChI=1S/C29H22O/c30-29-27(23-17-9-3-10-18-23)25(21-13-5-1-6-14-21)26(22-15-7-2-8-16-22)28(29)24-19-11-4-12-20-24/h1,3-7,9-20H,2,8H2. The Morgan fingerprint density at radius 1 is 0.500 bits per heavy atom. The summed E-state index contributed by atoms with van der Waals surface area (Å²) < 4.78 is 0. The molecule has 2 aliphatic carbocycles. The largest absolute Gasteiger partial charge is 0.289 e. The summed E-state index contributed by atoms with van der Waals surface area (Å²) in [7, 11) is 0. The average Bonchev–Trinajstić information content (AvgIpc) is 3.14. The summed E-state index contributed by atoms with van der Waals surface area (Å²) in [5, 5.41) is 0. The van der Waals surface area contributed by atoms with Gasteiger partial charge in [0.2, 0.25) is 0 Å². The molecule has 0 bridgehead atoms. The Labute approximate surface area is 177 Å². The molecule has 0 saturated carbocycles. The van der Waals surface area contributed by atoms with E-state index in [4.69, 9.17) is 0 Å². The quantitative estimate of drug-likeness (QED) is 0.476. The van der Waals surface area contributed by atoms with E-state index < -0.39 is 0 Å². The lowest BCUT2D eigenvalue weighted by molar-refractivity contribution is -0.108. The molecule has 30 heavy (non-hydrogen) atoms. The molecule has 5 rings (SSSR count). The molecule has 1 heteroatoms. The molecule has 3 aromatic rings. The highest BCUT2D eigenvalue weighted by Gasteiger charge is 2.35. The first-order valence-electron chi connectivity index (χ1n) is 10.4. The van der Waals surface area contributed by atoms with Gasteiger partial charge in [-0.05, 0) is 35.1 Å². The van der Waals surface area contributed by atoms with E-state index in [1.54, 1.807) is 0 Å². The topological polar surface area (TPSA) is 17.1 Å². The van der Waals surface area contributed by atoms with Crippen LogP contribution in [0.3, 0.4) is 0 Å². The van der Waals surface area contributed by atoms with Gasteiger partial charge in [0.1, 0.15) is 0 Å². The van der Waals surface area contributed by atoms with Crippen molar-refractivity contribution in [3.05, 3.63) is 137 Å². The monoisotopic (exact) mass is 386 g/mol. The highest BCUT2D eigenvalue weighted by molar-refractivity contribution is 6.53. The van der Waals surface area contributed by atoms with Gasteiger partial charge in [0.05, 0.1) is 0 Å². The van der Waals surface area contributed by atoms with Gasteiger partial charge < -0.3 is 0 Å². The second kappa shape index (κ2) is 7.96. The number of hydrogen-bond donors (Lipinski definition) is 0. The Bertz CT molecular complexity index is 1210. The van der Waals surface area contributed by atoms with Gasteiger partial charge in [0.15, 0.2) is 5.78 Å². The molecule has 0 radical (unpaired) electrons. The van der Waals surface area contributed by atoms with Crippen LogP contribution in [0, 0.1) is 0 Å². The lowest BCUT2D eigenvalue weighted by Crippen LogP contribution is -2.02. The van der Waals surface area contributed by atoms with E-state index in [9.17, 15) is 4.79 Å². The number of ketones is 1. The highest BCUT2D eigenvalue weighted by Crippen LogP contribution is 2.48. The lowest BCUT2D eigenvalue weighted by Gasteiger charge is -2.16. The maximum absolute atomic E-state index is 14.0. The first-order valence-corrected chi connectivity index (χ1v) is 10.4. The predicted molar refractivity (Wildman–Crippen MR) is 125 cm³/mol. The highest BCUT2D eigenvalue weighted by atomic mass is 16.1. The van der Waals surface area contributed by atoms with Crippen LogP contribution in [0.4, 0.5) is 0 Å². The van der Waals surface area contributed by atoms with Crippen LogP contribution >= 0.6 is 0 Å². The molecule has 0 unspecified atom stereocenters. The van der Waals surface area contributed by atoms with Crippen LogP contribution in [0.1, 0.15) is 29.5 Å². The van der Waals surface area contributed by atoms with Crippen molar-refractivity contribution in [2.75, 3.05) is 0 Å². The zero-order valence-corrected chi connectivity index (χ0v) is 16.7. The summed E-state index contributed by atoms with van der Waals surface area (Å²) in [6.07, 6.45) is 8.68. The molecule has 0 atom stereocenters. The fourth-order valence-electron chi connectivity index (χ4n) is 4.34. The molecule has 0 heterocycles. The zero-order valence-electron chi connectivity index (χ0n) is 16.7. The molecule has 3 aromatic carbocycles. The van der Waals surface area contributed by atoms with Gasteiger partial charge in [-0.1, -0.05) is 109 Å². The van der Waals surface area contributed by atoms with Gasteiger partial charge >= 0.3 is 0 Å². The number of Topliss-reactive ketones (excluding diaryl/α,β-unsaturated/α-hetero) is 1. The third-order valence-corrected chi connectivity index (χ3v) is 5.68. The Morgan fingerprint density at radius 2 is 0.967 bits per heavy atom. The fourth-order valence-corrected chi connectivity index (χ4v) is 4.34. The van der Waals surface area contributed by atoms with E-state index >= 15 is 0 Å². The van der Waals surface area contributed by atoms with Crippen molar-refractivity contribution in [1.82, 2.24) is 0 Å². The summed E-state index contributed by atoms with van der Waals surface area (Å²) in [5.74, 6) is 0.0983. The van der Waals surface area contributed by atoms with Crippen molar-refractivity contribution < 1.29 is 4.79 Å². The smallest absolute Gasteiger partial charge is 0.195 e. The molecule has 0 aliphatic heterocycles. The average molecular weight is 386 g/mol. The Morgan fingerprint density at radius 3 is 1.43 bits per heavy atom. The van der Waals surface area contributed by atoms with Crippen LogP contribution in [0.15, 0.2) is 120 Å². The number of rotatable bonds is 4. The van der Waals surface area contributed by atoms with E-state index in [0.29, 0.717) is 0 Å². The molecule has 0 N–H and O–H groups in total.